The average Bonchev–Trinajstić information content (AvgIpc) is 2.76. The van der Waals surface area contributed by atoms with Gasteiger partial charge in [0.2, 0.25) is 0 Å². The molecule has 0 saturated carbocycles. The second-order valence-electron chi connectivity index (χ2n) is 7.59. The first-order valence-electron chi connectivity index (χ1n) is 9.68. The Bertz CT molecular complexity index is 1130. The zero-order valence-electron chi connectivity index (χ0n) is 18.3. The van der Waals surface area contributed by atoms with E-state index in [0.717, 1.165) is 11.1 Å². The standard InChI is InChI=1S/C23H25NO6S/c1-23-15-11-19(29-4)17(27-2)9-13(15)7-8-24(23)16-12-20(30-5)18(28-3)10-14(16)21(25)22(23)31(6)26/h7-12,22H,1-6H3/t22-,23-,31?/m0/s1. The summed E-state index contributed by atoms with van der Waals surface area (Å²) >= 11 is 0. The second-order valence-corrected chi connectivity index (χ2v) is 9.06. The molecule has 0 N–H and O–H groups in total. The summed E-state index contributed by atoms with van der Waals surface area (Å²) in [6, 6.07) is 7.18. The molecule has 1 unspecified atom stereocenters. The van der Waals surface area contributed by atoms with Gasteiger partial charge in [0, 0.05) is 34.9 Å². The third kappa shape index (κ3) is 2.92. The summed E-state index contributed by atoms with van der Waals surface area (Å²) < 4.78 is 34.8. The van der Waals surface area contributed by atoms with Crippen LogP contribution in [0.4, 0.5) is 5.69 Å². The van der Waals surface area contributed by atoms with Crippen LogP contribution in [-0.2, 0) is 16.3 Å². The van der Waals surface area contributed by atoms with Gasteiger partial charge in [0.15, 0.2) is 28.8 Å². The minimum atomic E-state index is -1.45. The van der Waals surface area contributed by atoms with Crippen molar-refractivity contribution < 1.29 is 28.0 Å². The van der Waals surface area contributed by atoms with Crippen molar-refractivity contribution in [3.63, 3.8) is 0 Å². The molecule has 3 atom stereocenters. The molecule has 2 heterocycles. The minimum Gasteiger partial charge on any atom is -0.493 e. The van der Waals surface area contributed by atoms with Crippen molar-refractivity contribution in [1.82, 2.24) is 0 Å². The van der Waals surface area contributed by atoms with E-state index in [1.165, 1.54) is 7.11 Å². The number of Topliss-reactive ketones (excluding diaryl/α,β-unsaturated/α-hetero) is 1. The highest BCUT2D eigenvalue weighted by molar-refractivity contribution is 7.85. The number of ketones is 1. The highest BCUT2D eigenvalue weighted by atomic mass is 32.2. The topological polar surface area (TPSA) is 74.3 Å². The van der Waals surface area contributed by atoms with Crippen LogP contribution in [0.1, 0.15) is 28.4 Å². The molecule has 0 amide bonds. The Labute approximate surface area is 184 Å². The van der Waals surface area contributed by atoms with Crippen LogP contribution in [-0.4, -0.2) is 49.9 Å². The monoisotopic (exact) mass is 443 g/mol. The van der Waals surface area contributed by atoms with Crippen LogP contribution in [0, 0.1) is 0 Å². The number of fused-ring (bicyclic) bond motifs is 5. The first kappa shape index (κ1) is 21.2. The summed E-state index contributed by atoms with van der Waals surface area (Å²) in [5.41, 5.74) is 1.92. The fourth-order valence-electron chi connectivity index (χ4n) is 4.64. The Morgan fingerprint density at radius 3 is 2.03 bits per heavy atom. The van der Waals surface area contributed by atoms with Gasteiger partial charge in [-0.3, -0.25) is 9.00 Å². The Morgan fingerprint density at radius 2 is 1.45 bits per heavy atom. The normalized spacial score (nSPS) is 22.2. The molecule has 0 aliphatic carbocycles. The Hall–Kier alpha value is -3.00. The average molecular weight is 444 g/mol. The maximum Gasteiger partial charge on any atom is 0.183 e. The van der Waals surface area contributed by atoms with Gasteiger partial charge in [-0.1, -0.05) is 0 Å². The summed E-state index contributed by atoms with van der Waals surface area (Å²) in [5, 5.41) is -0.806. The third-order valence-electron chi connectivity index (χ3n) is 6.11. The van der Waals surface area contributed by atoms with Gasteiger partial charge in [-0.2, -0.15) is 0 Å². The van der Waals surface area contributed by atoms with E-state index < -0.39 is 21.6 Å². The molecule has 2 aliphatic rings. The number of carbonyl (C=O) groups excluding carboxylic acids is 1. The molecule has 7 nitrogen and oxygen atoms in total. The van der Waals surface area contributed by atoms with E-state index in [-0.39, 0.29) is 5.78 Å². The second kappa shape index (κ2) is 7.60. The van der Waals surface area contributed by atoms with E-state index in [1.54, 1.807) is 39.7 Å². The molecule has 0 aromatic heterocycles. The quantitative estimate of drug-likeness (QED) is 0.701. The number of rotatable bonds is 5. The molecule has 164 valence electrons. The fraction of sp³-hybridized carbons (Fsp3) is 0.348. The molecular formula is C23H25NO6S. The molecule has 4 rings (SSSR count). The lowest BCUT2D eigenvalue weighted by Crippen LogP contribution is -2.59. The maximum absolute atomic E-state index is 13.7. The summed E-state index contributed by atoms with van der Waals surface area (Å²) in [6.07, 6.45) is 5.42. The van der Waals surface area contributed by atoms with Crippen LogP contribution < -0.4 is 23.8 Å². The SMILES string of the molecule is COc1cc2c(cc1OC)[C@@]1(C)[C@@H](S(C)=O)C(=O)c3cc(OC)c(OC)cc3N1C=C2. The molecular weight excluding hydrogens is 418 g/mol. The van der Waals surface area contributed by atoms with E-state index in [2.05, 4.69) is 0 Å². The molecule has 0 radical (unpaired) electrons. The molecule has 31 heavy (non-hydrogen) atoms. The van der Waals surface area contributed by atoms with Gasteiger partial charge in [-0.05, 0) is 42.3 Å². The van der Waals surface area contributed by atoms with Gasteiger partial charge in [-0.25, -0.2) is 0 Å². The first-order valence-corrected chi connectivity index (χ1v) is 11.3. The smallest absolute Gasteiger partial charge is 0.183 e. The lowest BCUT2D eigenvalue weighted by atomic mass is 9.75. The largest absolute Gasteiger partial charge is 0.493 e. The number of hydrogen-bond acceptors (Lipinski definition) is 7. The van der Waals surface area contributed by atoms with E-state index in [1.807, 2.05) is 36.2 Å². The van der Waals surface area contributed by atoms with Gasteiger partial charge in [0.1, 0.15) is 5.25 Å². The van der Waals surface area contributed by atoms with E-state index in [0.29, 0.717) is 34.2 Å². The summed E-state index contributed by atoms with van der Waals surface area (Å²) in [6.45, 7) is 1.94. The molecule has 0 saturated heterocycles. The number of methoxy groups -OCH3 is 4. The zero-order valence-corrected chi connectivity index (χ0v) is 19.2. The van der Waals surface area contributed by atoms with E-state index in [9.17, 15) is 9.00 Å². The maximum atomic E-state index is 13.7. The molecule has 0 fully saturated rings. The fourth-order valence-corrected chi connectivity index (χ4v) is 5.96. The van der Waals surface area contributed by atoms with Crippen molar-refractivity contribution in [2.24, 2.45) is 0 Å². The van der Waals surface area contributed by atoms with Crippen molar-refractivity contribution in [1.29, 1.82) is 0 Å². The number of hydrogen-bond donors (Lipinski definition) is 0. The van der Waals surface area contributed by atoms with Crippen LogP contribution in [0.15, 0.2) is 30.5 Å². The Morgan fingerprint density at radius 1 is 0.903 bits per heavy atom. The third-order valence-corrected chi connectivity index (χ3v) is 7.45. The Kier molecular flexibility index (Phi) is 5.21. The van der Waals surface area contributed by atoms with Crippen LogP contribution in [0.5, 0.6) is 23.0 Å². The van der Waals surface area contributed by atoms with Gasteiger partial charge in [-0.15, -0.1) is 0 Å². The predicted octanol–water partition coefficient (Wildman–Crippen LogP) is 3.37. The number of ether oxygens (including phenoxy) is 4. The lowest BCUT2D eigenvalue weighted by Gasteiger charge is -2.51. The molecule has 2 aromatic carbocycles. The van der Waals surface area contributed by atoms with Gasteiger partial charge in [0.05, 0.1) is 39.7 Å². The highest BCUT2D eigenvalue weighted by Crippen LogP contribution is 2.52. The molecule has 2 aliphatic heterocycles. The van der Waals surface area contributed by atoms with Crippen LogP contribution in [0.2, 0.25) is 0 Å². The van der Waals surface area contributed by atoms with Crippen molar-refractivity contribution in [3.8, 4) is 23.0 Å². The van der Waals surface area contributed by atoms with Crippen molar-refractivity contribution in [3.05, 3.63) is 47.2 Å². The minimum absolute atomic E-state index is 0.202. The van der Waals surface area contributed by atoms with Crippen LogP contribution >= 0.6 is 0 Å². The molecule has 0 bridgehead atoms. The zero-order chi connectivity index (χ0) is 22.5. The lowest BCUT2D eigenvalue weighted by molar-refractivity contribution is 0.0951. The first-order chi connectivity index (χ1) is 14.8. The van der Waals surface area contributed by atoms with Crippen LogP contribution in [0.25, 0.3) is 6.08 Å². The summed E-state index contributed by atoms with van der Waals surface area (Å²) in [4.78, 5) is 15.7. The number of benzene rings is 2. The number of anilines is 1. The van der Waals surface area contributed by atoms with Gasteiger partial charge >= 0.3 is 0 Å². The molecule has 0 spiro atoms. The molecule has 8 heteroatoms. The summed E-state index contributed by atoms with van der Waals surface area (Å²) in [5.74, 6) is 1.90. The van der Waals surface area contributed by atoms with Gasteiger partial charge < -0.3 is 23.8 Å². The van der Waals surface area contributed by atoms with Crippen molar-refractivity contribution in [2.75, 3.05) is 39.6 Å². The number of carbonyl (C=O) groups is 1. The Balaban J connectivity index is 2.04. The van der Waals surface area contributed by atoms with Crippen molar-refractivity contribution >= 4 is 28.3 Å². The molecule has 2 aromatic rings. The predicted molar refractivity (Wildman–Crippen MR) is 120 cm³/mol. The summed E-state index contributed by atoms with van der Waals surface area (Å²) in [7, 11) is 4.76. The van der Waals surface area contributed by atoms with Gasteiger partial charge in [0.25, 0.3) is 0 Å². The van der Waals surface area contributed by atoms with E-state index in [4.69, 9.17) is 18.9 Å². The van der Waals surface area contributed by atoms with Crippen LogP contribution in [0.3, 0.4) is 0 Å². The van der Waals surface area contributed by atoms with E-state index >= 15 is 0 Å². The number of nitrogens with zero attached hydrogens (tertiary/aromatic N) is 1. The highest BCUT2D eigenvalue weighted by Gasteiger charge is 2.54. The van der Waals surface area contributed by atoms with Crippen molar-refractivity contribution in [2.45, 2.75) is 17.7 Å².